The predicted octanol–water partition coefficient (Wildman–Crippen LogP) is 1.68. The van der Waals surface area contributed by atoms with Crippen molar-refractivity contribution in [2.24, 2.45) is 0 Å². The topological polar surface area (TPSA) is 61.4 Å². The SMILES string of the molecule is O=C1N[C@@H](c2ccccc2)C[C@](O)(C(F)(F)F)N1. The first-order valence-corrected chi connectivity index (χ1v) is 5.24. The van der Waals surface area contributed by atoms with Gasteiger partial charge in [-0.3, -0.25) is 0 Å². The number of rotatable bonds is 1. The van der Waals surface area contributed by atoms with Crippen LogP contribution >= 0.6 is 0 Å². The van der Waals surface area contributed by atoms with E-state index < -0.39 is 30.4 Å². The zero-order valence-corrected chi connectivity index (χ0v) is 9.16. The molecule has 18 heavy (non-hydrogen) atoms. The maximum atomic E-state index is 12.7. The number of nitrogens with one attached hydrogen (secondary N) is 2. The molecule has 2 rings (SSSR count). The molecule has 0 bridgehead atoms. The first-order chi connectivity index (χ1) is 8.32. The highest BCUT2D eigenvalue weighted by Crippen LogP contribution is 2.37. The van der Waals surface area contributed by atoms with Crippen molar-refractivity contribution in [2.75, 3.05) is 0 Å². The molecule has 1 aromatic rings. The van der Waals surface area contributed by atoms with Gasteiger partial charge in [0.25, 0.3) is 0 Å². The molecule has 0 unspecified atom stereocenters. The van der Waals surface area contributed by atoms with Crippen LogP contribution in [0.1, 0.15) is 18.0 Å². The van der Waals surface area contributed by atoms with Gasteiger partial charge in [-0.25, -0.2) is 4.79 Å². The number of amides is 2. The van der Waals surface area contributed by atoms with Gasteiger partial charge in [-0.1, -0.05) is 30.3 Å². The molecule has 98 valence electrons. The third kappa shape index (κ3) is 2.26. The van der Waals surface area contributed by atoms with E-state index in [9.17, 15) is 23.1 Å². The number of halogens is 3. The third-order valence-electron chi connectivity index (χ3n) is 2.80. The zero-order chi connectivity index (χ0) is 13.4. The molecule has 1 fully saturated rings. The van der Waals surface area contributed by atoms with Crippen LogP contribution in [0, 0.1) is 0 Å². The highest BCUT2D eigenvalue weighted by molar-refractivity contribution is 5.76. The van der Waals surface area contributed by atoms with E-state index in [2.05, 4.69) is 5.32 Å². The number of carbonyl (C=O) groups is 1. The van der Waals surface area contributed by atoms with Gasteiger partial charge in [0.2, 0.25) is 5.72 Å². The summed E-state index contributed by atoms with van der Waals surface area (Å²) in [6, 6.07) is 6.26. The van der Waals surface area contributed by atoms with E-state index in [-0.39, 0.29) is 0 Å². The number of hydrogen-bond donors (Lipinski definition) is 3. The van der Waals surface area contributed by atoms with E-state index in [4.69, 9.17) is 0 Å². The molecule has 3 N–H and O–H groups in total. The fourth-order valence-corrected chi connectivity index (χ4v) is 1.85. The van der Waals surface area contributed by atoms with Gasteiger partial charge >= 0.3 is 12.2 Å². The van der Waals surface area contributed by atoms with Crippen LogP contribution in [0.3, 0.4) is 0 Å². The lowest BCUT2D eigenvalue weighted by molar-refractivity contribution is -0.275. The Kier molecular flexibility index (Phi) is 2.94. The summed E-state index contributed by atoms with van der Waals surface area (Å²) in [4.78, 5) is 11.2. The Bertz CT molecular complexity index is 449. The third-order valence-corrected chi connectivity index (χ3v) is 2.80. The average molecular weight is 260 g/mol. The molecule has 1 heterocycles. The Morgan fingerprint density at radius 3 is 2.44 bits per heavy atom. The van der Waals surface area contributed by atoms with Gasteiger partial charge < -0.3 is 15.7 Å². The molecule has 2 amide bonds. The second-order valence-corrected chi connectivity index (χ2v) is 4.12. The summed E-state index contributed by atoms with van der Waals surface area (Å²) in [5, 5.41) is 13.4. The summed E-state index contributed by atoms with van der Waals surface area (Å²) < 4.78 is 38.1. The second kappa shape index (κ2) is 4.16. The first kappa shape index (κ1) is 12.7. The lowest BCUT2D eigenvalue weighted by atomic mass is 9.94. The monoisotopic (exact) mass is 260 g/mol. The fraction of sp³-hybridized carbons (Fsp3) is 0.364. The molecule has 1 aliphatic rings. The van der Waals surface area contributed by atoms with Gasteiger partial charge in [0.1, 0.15) is 0 Å². The second-order valence-electron chi connectivity index (χ2n) is 4.12. The minimum absolute atomic E-state index is 0.509. The van der Waals surface area contributed by atoms with Crippen LogP contribution in [0.25, 0.3) is 0 Å². The number of alkyl halides is 3. The smallest absolute Gasteiger partial charge is 0.363 e. The largest absolute Gasteiger partial charge is 0.436 e. The Labute approximate surface area is 101 Å². The predicted molar refractivity (Wildman–Crippen MR) is 56.5 cm³/mol. The number of benzene rings is 1. The molecule has 0 spiro atoms. The Hall–Kier alpha value is -1.76. The highest BCUT2D eigenvalue weighted by atomic mass is 19.4. The molecule has 0 radical (unpaired) electrons. The normalized spacial score (nSPS) is 28.4. The number of urea groups is 1. The van der Waals surface area contributed by atoms with Gasteiger partial charge in [0, 0.05) is 6.42 Å². The number of aliphatic hydroxyl groups is 1. The van der Waals surface area contributed by atoms with Gasteiger partial charge in [-0.2, -0.15) is 13.2 Å². The molecular formula is C11H11F3N2O2. The fourth-order valence-electron chi connectivity index (χ4n) is 1.85. The summed E-state index contributed by atoms with van der Waals surface area (Å²) in [6.45, 7) is 0. The molecule has 1 aliphatic heterocycles. The van der Waals surface area contributed by atoms with E-state index in [1.807, 2.05) is 0 Å². The van der Waals surface area contributed by atoms with Crippen molar-refractivity contribution in [3.63, 3.8) is 0 Å². The molecule has 1 saturated heterocycles. The summed E-state index contributed by atoms with van der Waals surface area (Å²) in [5.41, 5.74) is -2.69. The summed E-state index contributed by atoms with van der Waals surface area (Å²) in [7, 11) is 0. The molecular weight excluding hydrogens is 249 g/mol. The van der Waals surface area contributed by atoms with E-state index in [1.165, 1.54) is 5.32 Å². The lowest BCUT2D eigenvalue weighted by Gasteiger charge is -2.39. The molecule has 7 heteroatoms. The lowest BCUT2D eigenvalue weighted by Crippen LogP contribution is -2.66. The Morgan fingerprint density at radius 1 is 1.28 bits per heavy atom. The number of carbonyl (C=O) groups excluding carboxylic acids is 1. The first-order valence-electron chi connectivity index (χ1n) is 5.24. The van der Waals surface area contributed by atoms with Gasteiger partial charge in [0.15, 0.2) is 0 Å². The van der Waals surface area contributed by atoms with Crippen LogP contribution in [0.15, 0.2) is 30.3 Å². The van der Waals surface area contributed by atoms with Gasteiger partial charge in [0.05, 0.1) is 6.04 Å². The summed E-state index contributed by atoms with van der Waals surface area (Å²) in [5.74, 6) is 0. The van der Waals surface area contributed by atoms with Crippen molar-refractivity contribution in [3.8, 4) is 0 Å². The maximum Gasteiger partial charge on any atom is 0.436 e. The zero-order valence-electron chi connectivity index (χ0n) is 9.16. The molecule has 0 aromatic heterocycles. The minimum atomic E-state index is -4.92. The molecule has 4 nitrogen and oxygen atoms in total. The van der Waals surface area contributed by atoms with Gasteiger partial charge in [-0.05, 0) is 5.56 Å². The average Bonchev–Trinajstić information content (AvgIpc) is 2.27. The number of hydrogen-bond acceptors (Lipinski definition) is 2. The van der Waals surface area contributed by atoms with Crippen LogP contribution in [0.2, 0.25) is 0 Å². The minimum Gasteiger partial charge on any atom is -0.363 e. The standard InChI is InChI=1S/C11H11F3N2O2/c12-11(13,14)10(18)6-8(15-9(17)16-10)7-4-2-1-3-5-7/h1-5,8,18H,6H2,(H2,15,16,17)/t8-,10+/m1/s1. The van der Waals surface area contributed by atoms with Crippen LogP contribution in [0.5, 0.6) is 0 Å². The summed E-state index contributed by atoms with van der Waals surface area (Å²) in [6.07, 6.45) is -5.59. The van der Waals surface area contributed by atoms with Crippen LogP contribution in [0.4, 0.5) is 18.0 Å². The van der Waals surface area contributed by atoms with Crippen molar-refractivity contribution in [2.45, 2.75) is 24.4 Å². The van der Waals surface area contributed by atoms with Crippen molar-refractivity contribution in [1.29, 1.82) is 0 Å². The highest BCUT2D eigenvalue weighted by Gasteiger charge is 2.58. The molecule has 0 aliphatic carbocycles. The van der Waals surface area contributed by atoms with E-state index in [1.54, 1.807) is 30.3 Å². The van der Waals surface area contributed by atoms with Crippen molar-refractivity contribution in [1.82, 2.24) is 10.6 Å². The van der Waals surface area contributed by atoms with E-state index >= 15 is 0 Å². The summed E-state index contributed by atoms with van der Waals surface area (Å²) >= 11 is 0. The quantitative estimate of drug-likeness (QED) is 0.719. The van der Waals surface area contributed by atoms with Crippen molar-refractivity contribution < 1.29 is 23.1 Å². The molecule has 1 aromatic carbocycles. The van der Waals surface area contributed by atoms with Crippen LogP contribution < -0.4 is 10.6 Å². The Balaban J connectivity index is 2.28. The molecule has 2 atom stereocenters. The van der Waals surface area contributed by atoms with E-state index in [0.717, 1.165) is 0 Å². The maximum absolute atomic E-state index is 12.7. The van der Waals surface area contributed by atoms with Crippen molar-refractivity contribution >= 4 is 6.03 Å². The Morgan fingerprint density at radius 2 is 1.89 bits per heavy atom. The molecule has 0 saturated carbocycles. The van der Waals surface area contributed by atoms with E-state index in [0.29, 0.717) is 5.56 Å². The van der Waals surface area contributed by atoms with Crippen LogP contribution in [-0.4, -0.2) is 23.0 Å². The van der Waals surface area contributed by atoms with Gasteiger partial charge in [-0.15, -0.1) is 0 Å². The van der Waals surface area contributed by atoms with Crippen molar-refractivity contribution in [3.05, 3.63) is 35.9 Å². The van der Waals surface area contributed by atoms with Crippen LogP contribution in [-0.2, 0) is 0 Å².